The molecule has 1 aromatic heterocycles. The smallest absolute Gasteiger partial charge is 0.213 e. The van der Waals surface area contributed by atoms with Crippen molar-refractivity contribution < 1.29 is 8.42 Å². The van der Waals surface area contributed by atoms with E-state index in [-0.39, 0.29) is 17.3 Å². The van der Waals surface area contributed by atoms with Crippen molar-refractivity contribution in [3.05, 3.63) is 23.4 Å². The quantitative estimate of drug-likeness (QED) is 0.630. The van der Waals surface area contributed by atoms with Gasteiger partial charge < -0.3 is 11.1 Å². The van der Waals surface area contributed by atoms with E-state index in [1.807, 2.05) is 6.92 Å². The van der Waals surface area contributed by atoms with Crippen molar-refractivity contribution in [2.75, 3.05) is 24.2 Å². The van der Waals surface area contributed by atoms with Crippen LogP contribution < -0.4 is 15.8 Å². The average Bonchev–Trinajstić information content (AvgIpc) is 2.27. The van der Waals surface area contributed by atoms with Crippen molar-refractivity contribution in [2.45, 2.75) is 13.8 Å². The van der Waals surface area contributed by atoms with Crippen molar-refractivity contribution in [3.63, 3.8) is 0 Å². The third-order valence-electron chi connectivity index (χ3n) is 2.28. The standard InChI is InChI=1S/C11H18N4O2S2/c1-3-14-19(16,17)5-4-13-10-7-9(11(12)18)6-8(2)15-10/h6-7,14H,3-5H2,1-2H3,(H2,12,18)(H,13,15). The first kappa shape index (κ1) is 15.8. The number of aromatic nitrogens is 1. The van der Waals surface area contributed by atoms with Crippen LogP contribution in [0.25, 0.3) is 0 Å². The van der Waals surface area contributed by atoms with E-state index < -0.39 is 10.0 Å². The van der Waals surface area contributed by atoms with Crippen molar-refractivity contribution in [1.29, 1.82) is 0 Å². The van der Waals surface area contributed by atoms with Gasteiger partial charge in [-0.15, -0.1) is 0 Å². The fourth-order valence-corrected chi connectivity index (χ4v) is 2.58. The molecule has 19 heavy (non-hydrogen) atoms. The second kappa shape index (κ2) is 6.78. The molecule has 0 spiro atoms. The Kier molecular flexibility index (Phi) is 5.64. The Bertz CT molecular complexity index is 558. The lowest BCUT2D eigenvalue weighted by Gasteiger charge is -2.09. The van der Waals surface area contributed by atoms with Crippen LogP contribution in [-0.2, 0) is 10.0 Å². The number of anilines is 1. The highest BCUT2D eigenvalue weighted by atomic mass is 32.2. The summed E-state index contributed by atoms with van der Waals surface area (Å²) in [6.07, 6.45) is 0. The molecular weight excluding hydrogens is 284 g/mol. The summed E-state index contributed by atoms with van der Waals surface area (Å²) in [5.41, 5.74) is 7.03. The normalized spacial score (nSPS) is 11.3. The van der Waals surface area contributed by atoms with Gasteiger partial charge in [0.15, 0.2) is 0 Å². The number of nitrogens with two attached hydrogens (primary N) is 1. The maximum absolute atomic E-state index is 11.5. The van der Waals surface area contributed by atoms with Gasteiger partial charge in [-0.3, -0.25) is 0 Å². The molecule has 0 atom stereocenters. The van der Waals surface area contributed by atoms with Crippen molar-refractivity contribution >= 4 is 33.0 Å². The molecule has 0 saturated carbocycles. The largest absolute Gasteiger partial charge is 0.389 e. The van der Waals surface area contributed by atoms with Crippen LogP contribution in [0.15, 0.2) is 12.1 Å². The third kappa shape index (κ3) is 5.50. The summed E-state index contributed by atoms with van der Waals surface area (Å²) in [4.78, 5) is 4.53. The van der Waals surface area contributed by atoms with Crippen LogP contribution in [0.5, 0.6) is 0 Å². The lowest BCUT2D eigenvalue weighted by molar-refractivity contribution is 0.584. The Hall–Kier alpha value is -1.25. The summed E-state index contributed by atoms with van der Waals surface area (Å²) in [6.45, 7) is 4.21. The molecule has 0 unspecified atom stereocenters. The Morgan fingerprint density at radius 3 is 2.74 bits per heavy atom. The van der Waals surface area contributed by atoms with Gasteiger partial charge in [-0.1, -0.05) is 19.1 Å². The molecule has 4 N–H and O–H groups in total. The Labute approximate surface area is 118 Å². The number of rotatable bonds is 7. The van der Waals surface area contributed by atoms with Crippen molar-refractivity contribution in [1.82, 2.24) is 9.71 Å². The highest BCUT2D eigenvalue weighted by molar-refractivity contribution is 7.89. The van der Waals surface area contributed by atoms with Crippen LogP contribution >= 0.6 is 12.2 Å². The lowest BCUT2D eigenvalue weighted by atomic mass is 10.2. The van der Waals surface area contributed by atoms with Crippen LogP contribution in [-0.4, -0.2) is 37.2 Å². The van der Waals surface area contributed by atoms with Crippen LogP contribution in [0.2, 0.25) is 0 Å². The van der Waals surface area contributed by atoms with Gasteiger partial charge >= 0.3 is 0 Å². The number of aryl methyl sites for hydroxylation is 1. The number of sulfonamides is 1. The maximum atomic E-state index is 11.5. The molecule has 0 aliphatic heterocycles. The highest BCUT2D eigenvalue weighted by Crippen LogP contribution is 2.09. The van der Waals surface area contributed by atoms with Gasteiger partial charge in [0.2, 0.25) is 10.0 Å². The van der Waals surface area contributed by atoms with E-state index in [9.17, 15) is 8.42 Å². The van der Waals surface area contributed by atoms with Gasteiger partial charge in [0, 0.05) is 24.3 Å². The third-order valence-corrected chi connectivity index (χ3v) is 3.98. The minimum Gasteiger partial charge on any atom is -0.389 e. The van der Waals surface area contributed by atoms with Gasteiger partial charge in [0.25, 0.3) is 0 Å². The summed E-state index contributed by atoms with van der Waals surface area (Å²) in [7, 11) is -3.23. The number of pyridine rings is 1. The van der Waals surface area contributed by atoms with Crippen LogP contribution in [0.4, 0.5) is 5.82 Å². The molecule has 0 bridgehead atoms. The zero-order valence-corrected chi connectivity index (χ0v) is 12.6. The molecule has 106 valence electrons. The summed E-state index contributed by atoms with van der Waals surface area (Å²) >= 11 is 4.90. The molecule has 0 aliphatic rings. The predicted octanol–water partition coefficient (Wildman–Crippen LogP) is 0.375. The highest BCUT2D eigenvalue weighted by Gasteiger charge is 2.08. The molecule has 0 saturated heterocycles. The molecule has 0 aliphatic carbocycles. The summed E-state index contributed by atoms with van der Waals surface area (Å²) in [5.74, 6) is 0.549. The van der Waals surface area contributed by atoms with Crippen molar-refractivity contribution in [2.24, 2.45) is 5.73 Å². The molecule has 1 aromatic rings. The van der Waals surface area contributed by atoms with Gasteiger partial charge in [-0.05, 0) is 19.1 Å². The van der Waals surface area contributed by atoms with Gasteiger partial charge in [0.1, 0.15) is 10.8 Å². The Morgan fingerprint density at radius 1 is 1.47 bits per heavy atom. The van der Waals surface area contributed by atoms with E-state index in [1.54, 1.807) is 19.1 Å². The zero-order valence-electron chi connectivity index (χ0n) is 10.9. The molecule has 0 aromatic carbocycles. The minimum atomic E-state index is -3.23. The predicted molar refractivity (Wildman–Crippen MR) is 80.8 cm³/mol. The van der Waals surface area contributed by atoms with E-state index in [4.69, 9.17) is 18.0 Å². The summed E-state index contributed by atoms with van der Waals surface area (Å²) < 4.78 is 25.3. The molecule has 1 rings (SSSR count). The topological polar surface area (TPSA) is 97.1 Å². The first-order valence-electron chi connectivity index (χ1n) is 5.84. The lowest BCUT2D eigenvalue weighted by Crippen LogP contribution is -2.29. The molecule has 0 fully saturated rings. The summed E-state index contributed by atoms with van der Waals surface area (Å²) in [6, 6.07) is 3.48. The Morgan fingerprint density at radius 2 is 2.16 bits per heavy atom. The molecule has 0 amide bonds. The van der Waals surface area contributed by atoms with Crippen molar-refractivity contribution in [3.8, 4) is 0 Å². The fraction of sp³-hybridized carbons (Fsp3) is 0.455. The molecular formula is C11H18N4O2S2. The fourth-order valence-electron chi connectivity index (χ4n) is 1.51. The second-order valence-electron chi connectivity index (χ2n) is 3.99. The molecule has 0 radical (unpaired) electrons. The van der Waals surface area contributed by atoms with Gasteiger partial charge in [-0.25, -0.2) is 18.1 Å². The zero-order chi connectivity index (χ0) is 14.5. The minimum absolute atomic E-state index is 0.0150. The summed E-state index contributed by atoms with van der Waals surface area (Å²) in [5, 5.41) is 2.95. The van der Waals surface area contributed by atoms with Crippen LogP contribution in [0.1, 0.15) is 18.2 Å². The SMILES string of the molecule is CCNS(=O)(=O)CCNc1cc(C(N)=S)cc(C)n1. The number of hydrogen-bond donors (Lipinski definition) is 3. The van der Waals surface area contributed by atoms with Crippen LogP contribution in [0.3, 0.4) is 0 Å². The molecule has 8 heteroatoms. The van der Waals surface area contributed by atoms with E-state index in [2.05, 4.69) is 15.0 Å². The number of hydrogen-bond acceptors (Lipinski definition) is 5. The average molecular weight is 302 g/mol. The monoisotopic (exact) mass is 302 g/mol. The number of nitrogens with zero attached hydrogens (tertiary/aromatic N) is 1. The number of nitrogens with one attached hydrogen (secondary N) is 2. The Balaban J connectivity index is 2.66. The van der Waals surface area contributed by atoms with E-state index in [1.165, 1.54) is 0 Å². The van der Waals surface area contributed by atoms with E-state index in [0.717, 1.165) is 5.69 Å². The van der Waals surface area contributed by atoms with Crippen LogP contribution in [0, 0.1) is 6.92 Å². The molecule has 1 heterocycles. The van der Waals surface area contributed by atoms with E-state index in [0.29, 0.717) is 17.9 Å². The first-order valence-corrected chi connectivity index (χ1v) is 7.90. The maximum Gasteiger partial charge on any atom is 0.213 e. The van der Waals surface area contributed by atoms with E-state index >= 15 is 0 Å². The number of thiocarbonyl (C=S) groups is 1. The molecule has 6 nitrogen and oxygen atoms in total. The second-order valence-corrected chi connectivity index (χ2v) is 6.36. The van der Waals surface area contributed by atoms with Gasteiger partial charge in [-0.2, -0.15) is 0 Å². The van der Waals surface area contributed by atoms with Gasteiger partial charge in [0.05, 0.1) is 5.75 Å². The first-order chi connectivity index (χ1) is 8.84.